The van der Waals surface area contributed by atoms with E-state index in [0.717, 1.165) is 24.0 Å². The van der Waals surface area contributed by atoms with Crippen LogP contribution in [-0.2, 0) is 23.9 Å². The molecular weight excluding hydrogens is 207 g/mol. The normalized spacial score (nSPS) is 11.9. The topological polar surface area (TPSA) is 40.1 Å². The summed E-state index contributed by atoms with van der Waals surface area (Å²) < 4.78 is 21.9. The largest absolute Gasteiger partial charge is 1.00 e. The minimum Gasteiger partial charge on any atom is -0.768 e. The van der Waals surface area contributed by atoms with Crippen LogP contribution in [0.25, 0.3) is 0 Å². The van der Waals surface area contributed by atoms with Crippen molar-refractivity contribution in [2.75, 3.05) is 0 Å². The van der Waals surface area contributed by atoms with E-state index in [-0.39, 0.29) is 29.6 Å². The molecule has 0 saturated carbocycles. The molecule has 0 aliphatic carbocycles. The first-order valence-electron chi connectivity index (χ1n) is 4.40. The fraction of sp³-hybridized carbons (Fsp3) is 0.400. The molecule has 1 unspecified atom stereocenters. The van der Waals surface area contributed by atoms with E-state index < -0.39 is 11.1 Å². The van der Waals surface area contributed by atoms with E-state index in [0.29, 0.717) is 4.90 Å². The molecule has 0 amide bonds. The van der Waals surface area contributed by atoms with Crippen molar-refractivity contribution in [1.29, 1.82) is 0 Å². The second-order valence-electron chi connectivity index (χ2n) is 2.85. The second kappa shape index (κ2) is 6.75. The molecule has 0 spiro atoms. The zero-order valence-electron chi connectivity index (χ0n) is 8.87. The Bertz CT molecular complexity index is 304. The van der Waals surface area contributed by atoms with Crippen molar-refractivity contribution in [3.8, 4) is 0 Å². The van der Waals surface area contributed by atoms with Crippen LogP contribution in [0.2, 0.25) is 0 Å². The monoisotopic (exact) mass is 220 g/mol. The first kappa shape index (κ1) is 14.3. The molecule has 1 atom stereocenters. The first-order valence-corrected chi connectivity index (χ1v) is 5.48. The van der Waals surface area contributed by atoms with Crippen molar-refractivity contribution in [2.45, 2.75) is 31.6 Å². The zero-order valence-corrected chi connectivity index (χ0v) is 11.7. The second-order valence-corrected chi connectivity index (χ2v) is 3.72. The summed E-state index contributed by atoms with van der Waals surface area (Å²) >= 11 is -2.10. The van der Waals surface area contributed by atoms with E-state index >= 15 is 0 Å². The van der Waals surface area contributed by atoms with Gasteiger partial charge >= 0.3 is 29.6 Å². The molecule has 72 valence electrons. The van der Waals surface area contributed by atoms with Gasteiger partial charge < -0.3 is 4.55 Å². The summed E-state index contributed by atoms with van der Waals surface area (Å²) in [5.74, 6) is 0. The van der Waals surface area contributed by atoms with Gasteiger partial charge in [0.05, 0.1) is 0 Å². The Kier molecular flexibility index (Phi) is 6.91. The summed E-state index contributed by atoms with van der Waals surface area (Å²) in [7, 11) is 0. The average Bonchev–Trinajstić information content (AvgIpc) is 2.16. The Morgan fingerprint density at radius 3 is 1.93 bits per heavy atom. The number of hydrogen-bond acceptors (Lipinski definition) is 2. The van der Waals surface area contributed by atoms with Crippen molar-refractivity contribution < 1.29 is 38.3 Å². The molecule has 0 bridgehead atoms. The molecule has 14 heavy (non-hydrogen) atoms. The van der Waals surface area contributed by atoms with Crippen LogP contribution in [0.3, 0.4) is 0 Å². The van der Waals surface area contributed by atoms with Crippen LogP contribution in [0.15, 0.2) is 23.1 Å². The summed E-state index contributed by atoms with van der Waals surface area (Å²) in [6.45, 7) is 3.93. The molecule has 0 radical (unpaired) electrons. The maximum absolute atomic E-state index is 11.0. The molecule has 0 heterocycles. The van der Waals surface area contributed by atoms with E-state index in [9.17, 15) is 8.76 Å². The standard InChI is InChI=1S/C10H14O2S.Na/c1-3-8-6-5-7-9(4-2)10(8)13(11)12;/h5-7H,3-4H2,1-2H3,(H,11,12);/q;+1/p-1. The van der Waals surface area contributed by atoms with Crippen LogP contribution in [0.1, 0.15) is 25.0 Å². The third-order valence-corrected chi connectivity index (χ3v) is 2.96. The summed E-state index contributed by atoms with van der Waals surface area (Å²) in [6.07, 6.45) is 1.52. The molecule has 1 aromatic carbocycles. The van der Waals surface area contributed by atoms with Gasteiger partial charge in [-0.25, -0.2) is 0 Å². The molecule has 2 nitrogen and oxygen atoms in total. The molecule has 4 heteroatoms. The van der Waals surface area contributed by atoms with E-state index in [1.165, 1.54) is 0 Å². The van der Waals surface area contributed by atoms with Crippen molar-refractivity contribution in [3.63, 3.8) is 0 Å². The zero-order chi connectivity index (χ0) is 9.84. The van der Waals surface area contributed by atoms with Gasteiger partial charge in [-0.2, -0.15) is 0 Å². The van der Waals surface area contributed by atoms with Gasteiger partial charge in [-0.05, 0) is 35.0 Å². The molecule has 0 aromatic heterocycles. The summed E-state index contributed by atoms with van der Waals surface area (Å²) in [4.78, 5) is 0.493. The summed E-state index contributed by atoms with van der Waals surface area (Å²) in [5.41, 5.74) is 1.82. The fourth-order valence-electron chi connectivity index (χ4n) is 1.41. The van der Waals surface area contributed by atoms with Gasteiger partial charge in [-0.15, -0.1) is 0 Å². The third kappa shape index (κ3) is 3.17. The Hall–Kier alpha value is 0.330. The van der Waals surface area contributed by atoms with Crippen LogP contribution in [-0.4, -0.2) is 8.76 Å². The molecular formula is C10H13NaO2S. The van der Waals surface area contributed by atoms with E-state index in [1.807, 2.05) is 32.0 Å². The minimum atomic E-state index is -2.10. The molecule has 0 aliphatic heterocycles. The summed E-state index contributed by atoms with van der Waals surface area (Å²) in [6, 6.07) is 5.64. The average molecular weight is 220 g/mol. The van der Waals surface area contributed by atoms with Gasteiger partial charge in [0.2, 0.25) is 0 Å². The van der Waals surface area contributed by atoms with E-state index in [4.69, 9.17) is 0 Å². The predicted octanol–water partition coefficient (Wildman–Crippen LogP) is -0.947. The van der Waals surface area contributed by atoms with Crippen LogP contribution < -0.4 is 29.6 Å². The number of rotatable bonds is 3. The van der Waals surface area contributed by atoms with E-state index in [1.54, 1.807) is 0 Å². The van der Waals surface area contributed by atoms with Gasteiger partial charge in [0.15, 0.2) is 0 Å². The molecule has 0 aliphatic rings. The molecule has 0 fully saturated rings. The third-order valence-electron chi connectivity index (χ3n) is 2.11. The van der Waals surface area contributed by atoms with Gasteiger partial charge in [-0.1, -0.05) is 32.0 Å². The predicted molar refractivity (Wildman–Crippen MR) is 52.4 cm³/mol. The fourth-order valence-corrected chi connectivity index (χ4v) is 2.26. The molecule has 0 N–H and O–H groups in total. The Labute approximate surface area is 110 Å². The van der Waals surface area contributed by atoms with Crippen LogP contribution in [0, 0.1) is 0 Å². The van der Waals surface area contributed by atoms with E-state index in [2.05, 4.69) is 0 Å². The van der Waals surface area contributed by atoms with Crippen LogP contribution in [0.4, 0.5) is 0 Å². The van der Waals surface area contributed by atoms with Gasteiger partial charge in [0, 0.05) is 4.90 Å². The number of aryl methyl sites for hydroxylation is 2. The first-order chi connectivity index (χ1) is 6.20. The van der Waals surface area contributed by atoms with Gasteiger partial charge in [0.1, 0.15) is 0 Å². The maximum atomic E-state index is 11.0. The Morgan fingerprint density at radius 1 is 1.21 bits per heavy atom. The van der Waals surface area contributed by atoms with Crippen molar-refractivity contribution in [2.24, 2.45) is 0 Å². The van der Waals surface area contributed by atoms with Gasteiger partial charge in [-0.3, -0.25) is 4.21 Å². The van der Waals surface area contributed by atoms with Gasteiger partial charge in [0.25, 0.3) is 0 Å². The molecule has 1 aromatic rings. The quantitative estimate of drug-likeness (QED) is 0.487. The van der Waals surface area contributed by atoms with Crippen LogP contribution >= 0.6 is 0 Å². The Balaban J connectivity index is 0.00000169. The summed E-state index contributed by atoms with van der Waals surface area (Å²) in [5, 5.41) is 0. The number of benzene rings is 1. The molecule has 0 saturated heterocycles. The van der Waals surface area contributed by atoms with Crippen molar-refractivity contribution in [1.82, 2.24) is 0 Å². The smallest absolute Gasteiger partial charge is 0.768 e. The minimum absolute atomic E-state index is 0. The van der Waals surface area contributed by atoms with Crippen LogP contribution in [0.5, 0.6) is 0 Å². The Morgan fingerprint density at radius 2 is 1.64 bits per heavy atom. The van der Waals surface area contributed by atoms with Crippen molar-refractivity contribution >= 4 is 11.1 Å². The SMILES string of the molecule is CCc1cccc(CC)c1S(=O)[O-].[Na+]. The number of hydrogen-bond donors (Lipinski definition) is 0. The molecule has 1 rings (SSSR count). The van der Waals surface area contributed by atoms with Crippen molar-refractivity contribution in [3.05, 3.63) is 29.3 Å². The maximum Gasteiger partial charge on any atom is 1.00 e.